The van der Waals surface area contributed by atoms with Crippen molar-refractivity contribution in [1.29, 1.82) is 0 Å². The number of piperidine rings is 1. The molecule has 1 aliphatic heterocycles. The molecular formula is C13H20ClN3O2S. The Labute approximate surface area is 125 Å². The Hall–Kier alpha value is -0.850. The van der Waals surface area contributed by atoms with Gasteiger partial charge in [0.15, 0.2) is 0 Å². The number of hydrogen-bond acceptors (Lipinski definition) is 4. The molecule has 112 valence electrons. The number of halogens is 1. The highest BCUT2D eigenvalue weighted by molar-refractivity contribution is 7.89. The van der Waals surface area contributed by atoms with Gasteiger partial charge in [0, 0.05) is 25.3 Å². The summed E-state index contributed by atoms with van der Waals surface area (Å²) in [7, 11) is -3.51. The van der Waals surface area contributed by atoms with E-state index in [1.807, 2.05) is 13.8 Å². The van der Waals surface area contributed by atoms with E-state index < -0.39 is 10.0 Å². The van der Waals surface area contributed by atoms with Crippen molar-refractivity contribution < 1.29 is 8.42 Å². The van der Waals surface area contributed by atoms with E-state index in [4.69, 9.17) is 11.6 Å². The van der Waals surface area contributed by atoms with E-state index >= 15 is 0 Å². The second-order valence-corrected chi connectivity index (χ2v) is 7.29. The summed E-state index contributed by atoms with van der Waals surface area (Å²) in [5, 5.41) is 3.32. The topological polar surface area (TPSA) is 62.3 Å². The summed E-state index contributed by atoms with van der Waals surface area (Å²) >= 11 is 6.08. The van der Waals surface area contributed by atoms with Gasteiger partial charge in [-0.25, -0.2) is 13.4 Å². The zero-order valence-electron chi connectivity index (χ0n) is 11.8. The van der Waals surface area contributed by atoms with Crippen LogP contribution in [-0.4, -0.2) is 36.8 Å². The summed E-state index contributed by atoms with van der Waals surface area (Å²) in [6, 6.07) is 1.50. The molecule has 1 unspecified atom stereocenters. The van der Waals surface area contributed by atoms with Crippen molar-refractivity contribution in [2.45, 2.75) is 44.0 Å². The maximum Gasteiger partial charge on any atom is 0.244 e. The fourth-order valence-corrected chi connectivity index (χ4v) is 4.39. The molecule has 1 N–H and O–H groups in total. The lowest BCUT2D eigenvalue weighted by atomic mass is 10.1. The van der Waals surface area contributed by atoms with E-state index in [0.29, 0.717) is 23.9 Å². The molecule has 1 saturated heterocycles. The van der Waals surface area contributed by atoms with Crippen molar-refractivity contribution in [3.05, 3.63) is 17.3 Å². The van der Waals surface area contributed by atoms with Gasteiger partial charge >= 0.3 is 0 Å². The average Bonchev–Trinajstić information content (AvgIpc) is 2.41. The third-order valence-electron chi connectivity index (χ3n) is 3.51. The van der Waals surface area contributed by atoms with Gasteiger partial charge in [-0.05, 0) is 32.8 Å². The van der Waals surface area contributed by atoms with Crippen LogP contribution in [0.5, 0.6) is 0 Å². The van der Waals surface area contributed by atoms with Crippen LogP contribution >= 0.6 is 11.6 Å². The molecule has 2 heterocycles. The first-order valence-electron chi connectivity index (χ1n) is 6.88. The standard InChI is InChI=1S/C13H20ClN3O2S/c1-3-15-13-12(14)8-11(9-16-13)20(18,19)17-7-5-4-6-10(17)2/h8-10H,3-7H2,1-2H3,(H,15,16). The number of nitrogens with one attached hydrogen (secondary N) is 1. The van der Waals surface area contributed by atoms with E-state index in [-0.39, 0.29) is 10.9 Å². The average molecular weight is 318 g/mol. The molecule has 1 atom stereocenters. The van der Waals surface area contributed by atoms with E-state index in [1.54, 1.807) is 4.31 Å². The minimum Gasteiger partial charge on any atom is -0.369 e. The molecule has 20 heavy (non-hydrogen) atoms. The molecule has 7 heteroatoms. The van der Waals surface area contributed by atoms with Crippen molar-refractivity contribution in [3.8, 4) is 0 Å². The van der Waals surface area contributed by atoms with Gasteiger partial charge in [-0.3, -0.25) is 0 Å². The summed E-state index contributed by atoms with van der Waals surface area (Å²) in [6.45, 7) is 5.12. The van der Waals surface area contributed by atoms with Crippen molar-refractivity contribution in [2.75, 3.05) is 18.4 Å². The fourth-order valence-electron chi connectivity index (χ4n) is 2.42. The van der Waals surface area contributed by atoms with E-state index in [2.05, 4.69) is 10.3 Å². The van der Waals surface area contributed by atoms with Gasteiger partial charge in [-0.15, -0.1) is 0 Å². The van der Waals surface area contributed by atoms with E-state index in [0.717, 1.165) is 19.3 Å². The number of hydrogen-bond donors (Lipinski definition) is 1. The highest BCUT2D eigenvalue weighted by atomic mass is 35.5. The third kappa shape index (κ3) is 3.07. The van der Waals surface area contributed by atoms with Crippen molar-refractivity contribution in [3.63, 3.8) is 0 Å². The molecule has 0 radical (unpaired) electrons. The number of aromatic nitrogens is 1. The Morgan fingerprint density at radius 2 is 2.25 bits per heavy atom. The molecule has 5 nitrogen and oxygen atoms in total. The van der Waals surface area contributed by atoms with E-state index in [1.165, 1.54) is 12.3 Å². The molecular weight excluding hydrogens is 298 g/mol. The van der Waals surface area contributed by atoms with Crippen LogP contribution in [0.3, 0.4) is 0 Å². The Kier molecular flexibility index (Phi) is 4.88. The first-order chi connectivity index (χ1) is 9.46. The van der Waals surface area contributed by atoms with Crippen LogP contribution in [0.4, 0.5) is 5.82 Å². The van der Waals surface area contributed by atoms with Crippen LogP contribution < -0.4 is 5.32 Å². The van der Waals surface area contributed by atoms with Crippen LogP contribution in [0.2, 0.25) is 5.02 Å². The Morgan fingerprint density at radius 3 is 2.85 bits per heavy atom. The molecule has 0 aromatic carbocycles. The van der Waals surface area contributed by atoms with Crippen LogP contribution in [0.1, 0.15) is 33.1 Å². The molecule has 1 aromatic rings. The number of nitrogens with zero attached hydrogens (tertiary/aromatic N) is 2. The van der Waals surface area contributed by atoms with E-state index in [9.17, 15) is 8.42 Å². The lowest BCUT2D eigenvalue weighted by Gasteiger charge is -2.32. The summed E-state index contributed by atoms with van der Waals surface area (Å²) in [6.07, 6.45) is 4.25. The minimum absolute atomic E-state index is 0.0287. The second kappa shape index (κ2) is 6.28. The summed E-state index contributed by atoms with van der Waals surface area (Å²) in [4.78, 5) is 4.27. The molecule has 0 aliphatic carbocycles. The summed E-state index contributed by atoms with van der Waals surface area (Å²) in [5.41, 5.74) is 0. The summed E-state index contributed by atoms with van der Waals surface area (Å²) < 4.78 is 26.8. The van der Waals surface area contributed by atoms with Gasteiger partial charge in [0.1, 0.15) is 10.7 Å². The Balaban J connectivity index is 2.31. The van der Waals surface area contributed by atoms with Gasteiger partial charge in [-0.2, -0.15) is 4.31 Å². The van der Waals surface area contributed by atoms with Crippen molar-refractivity contribution in [2.24, 2.45) is 0 Å². The van der Waals surface area contributed by atoms with Crippen LogP contribution in [-0.2, 0) is 10.0 Å². The smallest absolute Gasteiger partial charge is 0.244 e. The maximum absolute atomic E-state index is 12.6. The quantitative estimate of drug-likeness (QED) is 0.927. The SMILES string of the molecule is CCNc1ncc(S(=O)(=O)N2CCCCC2C)cc1Cl. The maximum atomic E-state index is 12.6. The normalized spacial score (nSPS) is 20.9. The monoisotopic (exact) mass is 317 g/mol. The Bertz CT molecular complexity index is 577. The fraction of sp³-hybridized carbons (Fsp3) is 0.615. The molecule has 1 aliphatic rings. The molecule has 0 spiro atoms. The van der Waals surface area contributed by atoms with Crippen LogP contribution in [0.25, 0.3) is 0 Å². The second-order valence-electron chi connectivity index (χ2n) is 4.99. The molecule has 2 rings (SSSR count). The van der Waals surface area contributed by atoms with Crippen molar-refractivity contribution in [1.82, 2.24) is 9.29 Å². The van der Waals surface area contributed by atoms with Crippen molar-refractivity contribution >= 4 is 27.4 Å². The summed E-state index contributed by atoms with van der Waals surface area (Å²) in [5.74, 6) is 0.514. The minimum atomic E-state index is -3.51. The van der Waals surface area contributed by atoms with Gasteiger partial charge < -0.3 is 5.32 Å². The zero-order chi connectivity index (χ0) is 14.8. The van der Waals surface area contributed by atoms with Gasteiger partial charge in [0.2, 0.25) is 10.0 Å². The predicted octanol–water partition coefficient (Wildman–Crippen LogP) is 2.73. The molecule has 1 aromatic heterocycles. The first kappa shape index (κ1) is 15.5. The van der Waals surface area contributed by atoms with Crippen LogP contribution in [0, 0.1) is 0 Å². The number of anilines is 1. The molecule has 0 amide bonds. The number of pyridine rings is 1. The van der Waals surface area contributed by atoms with Gasteiger partial charge in [0.25, 0.3) is 0 Å². The Morgan fingerprint density at radius 1 is 1.50 bits per heavy atom. The largest absolute Gasteiger partial charge is 0.369 e. The number of sulfonamides is 1. The van der Waals surface area contributed by atoms with Crippen LogP contribution in [0.15, 0.2) is 17.2 Å². The predicted molar refractivity (Wildman–Crippen MR) is 80.6 cm³/mol. The number of rotatable bonds is 4. The zero-order valence-corrected chi connectivity index (χ0v) is 13.3. The van der Waals surface area contributed by atoms with Gasteiger partial charge in [0.05, 0.1) is 5.02 Å². The first-order valence-corrected chi connectivity index (χ1v) is 8.70. The third-order valence-corrected chi connectivity index (χ3v) is 5.78. The molecule has 0 bridgehead atoms. The molecule has 1 fully saturated rings. The highest BCUT2D eigenvalue weighted by Crippen LogP contribution is 2.28. The molecule has 0 saturated carbocycles. The lowest BCUT2D eigenvalue weighted by molar-refractivity contribution is 0.268. The lowest BCUT2D eigenvalue weighted by Crippen LogP contribution is -2.41. The highest BCUT2D eigenvalue weighted by Gasteiger charge is 2.31. The van der Waals surface area contributed by atoms with Gasteiger partial charge in [-0.1, -0.05) is 18.0 Å².